The van der Waals surface area contributed by atoms with Gasteiger partial charge in [0.2, 0.25) is 11.7 Å². The average molecular weight is 410 g/mol. The summed E-state index contributed by atoms with van der Waals surface area (Å²) in [5, 5.41) is 4.75. The molecule has 1 aromatic carbocycles. The molecule has 0 aliphatic carbocycles. The van der Waals surface area contributed by atoms with Gasteiger partial charge in [-0.2, -0.15) is 4.39 Å². The lowest BCUT2D eigenvalue weighted by Crippen LogP contribution is -2.52. The van der Waals surface area contributed by atoms with E-state index in [1.165, 1.54) is 13.2 Å². The van der Waals surface area contributed by atoms with Crippen molar-refractivity contribution in [2.24, 2.45) is 5.92 Å². The Kier molecular flexibility index (Phi) is 5.63. The molecule has 4 amide bonds. The Labute approximate surface area is 167 Å². The van der Waals surface area contributed by atoms with Gasteiger partial charge in [-0.15, -0.1) is 0 Å². The van der Waals surface area contributed by atoms with Gasteiger partial charge in [0.15, 0.2) is 11.6 Å². The van der Waals surface area contributed by atoms with Crippen molar-refractivity contribution in [2.45, 2.75) is 25.8 Å². The Bertz CT molecular complexity index is 842. The molecule has 10 heteroatoms. The number of carbonyl (C=O) groups excluding carboxylic acids is 3. The number of imide groups is 1. The lowest BCUT2D eigenvalue weighted by atomic mass is 9.89. The van der Waals surface area contributed by atoms with Crippen molar-refractivity contribution in [1.82, 2.24) is 15.5 Å². The number of nitrogens with zero attached hydrogens (tertiary/aromatic N) is 2. The van der Waals surface area contributed by atoms with Gasteiger partial charge in [-0.3, -0.25) is 14.9 Å². The van der Waals surface area contributed by atoms with Crippen LogP contribution in [-0.2, 0) is 9.59 Å². The van der Waals surface area contributed by atoms with Gasteiger partial charge in [-0.25, -0.2) is 9.18 Å². The van der Waals surface area contributed by atoms with E-state index >= 15 is 0 Å². The molecule has 2 atom stereocenters. The lowest BCUT2D eigenvalue weighted by Gasteiger charge is -2.38. The number of methoxy groups -OCH3 is 1. The minimum Gasteiger partial charge on any atom is -0.493 e. The molecule has 0 saturated carbocycles. The van der Waals surface area contributed by atoms with E-state index in [9.17, 15) is 23.2 Å². The third-order valence-electron chi connectivity index (χ3n) is 5.41. The topological polar surface area (TPSA) is 91.0 Å². The van der Waals surface area contributed by atoms with Gasteiger partial charge in [0.25, 0.3) is 5.91 Å². The van der Waals surface area contributed by atoms with E-state index in [1.54, 1.807) is 18.7 Å². The number of piperazine rings is 1. The largest absolute Gasteiger partial charge is 0.493 e. The van der Waals surface area contributed by atoms with Gasteiger partial charge >= 0.3 is 6.03 Å². The monoisotopic (exact) mass is 410 g/mol. The highest BCUT2D eigenvalue weighted by Gasteiger charge is 2.44. The van der Waals surface area contributed by atoms with E-state index in [0.29, 0.717) is 31.9 Å². The maximum Gasteiger partial charge on any atom is 0.322 e. The molecule has 29 heavy (non-hydrogen) atoms. The van der Waals surface area contributed by atoms with Gasteiger partial charge in [-0.1, -0.05) is 6.92 Å². The van der Waals surface area contributed by atoms with Crippen LogP contribution in [0, 0.1) is 17.6 Å². The first-order valence-electron chi connectivity index (χ1n) is 9.35. The van der Waals surface area contributed by atoms with Gasteiger partial charge < -0.3 is 19.9 Å². The van der Waals surface area contributed by atoms with Crippen LogP contribution in [0.15, 0.2) is 12.1 Å². The van der Waals surface area contributed by atoms with Crippen molar-refractivity contribution in [3.05, 3.63) is 23.8 Å². The molecule has 2 saturated heterocycles. The van der Waals surface area contributed by atoms with E-state index < -0.39 is 35.0 Å². The van der Waals surface area contributed by atoms with Crippen LogP contribution in [-0.4, -0.2) is 61.6 Å². The minimum absolute atomic E-state index is 0.123. The number of halogens is 2. The number of carbonyl (C=O) groups is 3. The summed E-state index contributed by atoms with van der Waals surface area (Å²) in [6.45, 7) is 5.01. The van der Waals surface area contributed by atoms with E-state index in [1.807, 2.05) is 4.90 Å². The SMILES string of the molecule is COc1cc(N2CCN(C(=O)C(C)C[C@@]3(C)NC(=O)NC3=O)CC2)cc(F)c1F. The highest BCUT2D eigenvalue weighted by molar-refractivity contribution is 6.07. The molecule has 0 bridgehead atoms. The van der Waals surface area contributed by atoms with E-state index in [0.717, 1.165) is 6.07 Å². The smallest absolute Gasteiger partial charge is 0.322 e. The molecule has 0 spiro atoms. The number of anilines is 1. The number of urea groups is 1. The quantitative estimate of drug-likeness (QED) is 0.713. The normalized spacial score (nSPS) is 22.9. The molecular weight excluding hydrogens is 386 g/mol. The highest BCUT2D eigenvalue weighted by Crippen LogP contribution is 2.28. The Balaban J connectivity index is 1.60. The van der Waals surface area contributed by atoms with Crippen molar-refractivity contribution in [3.8, 4) is 5.75 Å². The number of ether oxygens (including phenoxy) is 1. The second-order valence-electron chi connectivity index (χ2n) is 7.60. The van der Waals surface area contributed by atoms with Crippen LogP contribution < -0.4 is 20.3 Å². The van der Waals surface area contributed by atoms with Crippen LogP contribution in [0.5, 0.6) is 5.75 Å². The van der Waals surface area contributed by atoms with Crippen LogP contribution >= 0.6 is 0 Å². The summed E-state index contributed by atoms with van der Waals surface area (Å²) < 4.78 is 32.3. The maximum absolute atomic E-state index is 13.8. The van der Waals surface area contributed by atoms with Gasteiger partial charge in [-0.05, 0) is 13.3 Å². The van der Waals surface area contributed by atoms with Crippen molar-refractivity contribution in [1.29, 1.82) is 0 Å². The molecule has 2 N–H and O–H groups in total. The fourth-order valence-electron chi connectivity index (χ4n) is 3.80. The van der Waals surface area contributed by atoms with Crippen molar-refractivity contribution in [3.63, 3.8) is 0 Å². The first-order valence-corrected chi connectivity index (χ1v) is 9.35. The van der Waals surface area contributed by atoms with Crippen molar-refractivity contribution >= 4 is 23.5 Å². The summed E-state index contributed by atoms with van der Waals surface area (Å²) in [4.78, 5) is 39.7. The Morgan fingerprint density at radius 3 is 2.45 bits per heavy atom. The zero-order valence-electron chi connectivity index (χ0n) is 16.6. The van der Waals surface area contributed by atoms with E-state index in [4.69, 9.17) is 4.74 Å². The van der Waals surface area contributed by atoms with Crippen LogP contribution in [0.4, 0.5) is 19.3 Å². The van der Waals surface area contributed by atoms with Crippen molar-refractivity contribution < 1.29 is 27.9 Å². The molecule has 8 nitrogen and oxygen atoms in total. The molecular formula is C19H24F2N4O4. The minimum atomic E-state index is -1.11. The average Bonchev–Trinajstić information content (AvgIpc) is 2.94. The van der Waals surface area contributed by atoms with Crippen LogP contribution in [0.1, 0.15) is 20.3 Å². The summed E-state index contributed by atoms with van der Waals surface area (Å²) >= 11 is 0. The molecule has 2 aliphatic heterocycles. The Hall–Kier alpha value is -2.91. The first kappa shape index (κ1) is 20.8. The third kappa shape index (κ3) is 4.10. The molecule has 0 radical (unpaired) electrons. The molecule has 3 rings (SSSR count). The van der Waals surface area contributed by atoms with Gasteiger partial charge in [0.1, 0.15) is 5.54 Å². The van der Waals surface area contributed by atoms with Crippen LogP contribution in [0.25, 0.3) is 0 Å². The molecule has 2 fully saturated rings. The molecule has 0 aromatic heterocycles. The van der Waals surface area contributed by atoms with Crippen molar-refractivity contribution in [2.75, 3.05) is 38.2 Å². The highest BCUT2D eigenvalue weighted by atomic mass is 19.2. The maximum atomic E-state index is 13.8. The fourth-order valence-corrected chi connectivity index (χ4v) is 3.80. The first-order chi connectivity index (χ1) is 13.6. The number of benzene rings is 1. The molecule has 1 aromatic rings. The van der Waals surface area contributed by atoms with Crippen LogP contribution in [0.2, 0.25) is 0 Å². The predicted octanol–water partition coefficient (Wildman–Crippen LogP) is 1.25. The number of hydrogen-bond donors (Lipinski definition) is 2. The van der Waals surface area contributed by atoms with Crippen LogP contribution in [0.3, 0.4) is 0 Å². The second kappa shape index (κ2) is 7.84. The molecule has 1 unspecified atom stereocenters. The summed E-state index contributed by atoms with van der Waals surface area (Å²) in [5.74, 6) is -3.23. The molecule has 158 valence electrons. The number of amides is 4. The number of rotatable bonds is 5. The summed E-state index contributed by atoms with van der Waals surface area (Å²) in [7, 11) is 1.27. The zero-order chi connectivity index (χ0) is 21.3. The molecule has 2 heterocycles. The van der Waals surface area contributed by atoms with E-state index in [-0.39, 0.29) is 18.1 Å². The van der Waals surface area contributed by atoms with Gasteiger partial charge in [0.05, 0.1) is 7.11 Å². The second-order valence-corrected chi connectivity index (χ2v) is 7.60. The Morgan fingerprint density at radius 1 is 1.24 bits per heavy atom. The number of hydrogen-bond acceptors (Lipinski definition) is 5. The summed E-state index contributed by atoms with van der Waals surface area (Å²) in [6, 6.07) is 1.98. The number of nitrogens with one attached hydrogen (secondary N) is 2. The Morgan fingerprint density at radius 2 is 1.90 bits per heavy atom. The van der Waals surface area contributed by atoms with Gasteiger partial charge in [0, 0.05) is 49.9 Å². The lowest BCUT2D eigenvalue weighted by molar-refractivity contribution is -0.136. The fraction of sp³-hybridized carbons (Fsp3) is 0.526. The summed E-state index contributed by atoms with van der Waals surface area (Å²) in [5.41, 5.74) is -0.630. The van der Waals surface area contributed by atoms with E-state index in [2.05, 4.69) is 10.6 Å². The standard InChI is InChI=1S/C19H24F2N4O4/c1-11(10-19(2)17(27)22-18(28)23-19)16(26)25-6-4-24(5-7-25)12-8-13(20)15(21)14(9-12)29-3/h8-9,11H,4-7,10H2,1-3H3,(H2,22,23,27,28)/t11?,19-/m1/s1. The predicted molar refractivity (Wildman–Crippen MR) is 101 cm³/mol. The molecule has 2 aliphatic rings. The zero-order valence-corrected chi connectivity index (χ0v) is 16.6. The third-order valence-corrected chi connectivity index (χ3v) is 5.41. The summed E-state index contributed by atoms with van der Waals surface area (Å²) in [6.07, 6.45) is 0.185.